The van der Waals surface area contributed by atoms with Crippen molar-refractivity contribution in [3.8, 4) is 0 Å². The summed E-state index contributed by atoms with van der Waals surface area (Å²) in [6.45, 7) is 10.2. The van der Waals surface area contributed by atoms with Crippen LogP contribution in [0.5, 0.6) is 0 Å². The third-order valence-corrected chi connectivity index (χ3v) is 5.60. The summed E-state index contributed by atoms with van der Waals surface area (Å²) in [6.07, 6.45) is 8.90. The molecule has 3 aliphatic carbocycles. The molecule has 0 bridgehead atoms. The van der Waals surface area contributed by atoms with Crippen molar-refractivity contribution < 1.29 is 9.90 Å². The zero-order valence-corrected chi connectivity index (χ0v) is 14.3. The van der Waals surface area contributed by atoms with Crippen LogP contribution < -0.4 is 0 Å². The molecule has 0 saturated carbocycles. The molecule has 0 radical (unpaired) electrons. The molecular formula is C20H26O2. The normalized spacial score (nSPS) is 30.5. The van der Waals surface area contributed by atoms with Crippen LogP contribution in [0.25, 0.3) is 0 Å². The lowest BCUT2D eigenvalue weighted by molar-refractivity contribution is -0.143. The number of ketones is 1. The Morgan fingerprint density at radius 3 is 2.55 bits per heavy atom. The van der Waals surface area contributed by atoms with Gasteiger partial charge in [0, 0.05) is 11.0 Å². The largest absolute Gasteiger partial charge is 0.376 e. The molecule has 1 atom stereocenters. The Hall–Kier alpha value is -1.41. The van der Waals surface area contributed by atoms with Crippen molar-refractivity contribution in [2.24, 2.45) is 11.3 Å². The summed E-state index contributed by atoms with van der Waals surface area (Å²) < 4.78 is 0. The van der Waals surface area contributed by atoms with Gasteiger partial charge >= 0.3 is 0 Å². The fraction of sp³-hybridized carbons (Fsp3) is 0.550. The molecule has 1 N–H and O–H groups in total. The Balaban J connectivity index is 2.34. The lowest BCUT2D eigenvalue weighted by atomic mass is 9.56. The van der Waals surface area contributed by atoms with Gasteiger partial charge in [-0.2, -0.15) is 0 Å². The highest BCUT2D eigenvalue weighted by Gasteiger charge is 2.58. The van der Waals surface area contributed by atoms with E-state index < -0.39 is 11.0 Å². The number of rotatable bonds is 1. The van der Waals surface area contributed by atoms with E-state index in [1.165, 1.54) is 11.1 Å². The molecule has 3 aliphatic rings. The van der Waals surface area contributed by atoms with E-state index in [1.807, 2.05) is 33.8 Å². The first-order valence-corrected chi connectivity index (χ1v) is 8.27. The van der Waals surface area contributed by atoms with Crippen LogP contribution in [-0.2, 0) is 4.79 Å². The summed E-state index contributed by atoms with van der Waals surface area (Å²) in [4.78, 5) is 13.2. The van der Waals surface area contributed by atoms with Gasteiger partial charge in [0.15, 0.2) is 11.4 Å². The highest BCUT2D eigenvalue weighted by atomic mass is 16.3. The van der Waals surface area contributed by atoms with Gasteiger partial charge < -0.3 is 5.11 Å². The number of hydrogen-bond donors (Lipinski definition) is 1. The van der Waals surface area contributed by atoms with Crippen molar-refractivity contribution in [3.63, 3.8) is 0 Å². The van der Waals surface area contributed by atoms with Gasteiger partial charge in [-0.1, -0.05) is 51.0 Å². The van der Waals surface area contributed by atoms with Crippen molar-refractivity contribution in [1.29, 1.82) is 0 Å². The van der Waals surface area contributed by atoms with Crippen molar-refractivity contribution in [3.05, 3.63) is 46.1 Å². The van der Waals surface area contributed by atoms with E-state index in [0.717, 1.165) is 36.0 Å². The first-order chi connectivity index (χ1) is 10.2. The number of allylic oxidation sites excluding steroid dienone is 5. The number of aliphatic hydroxyl groups is 1. The van der Waals surface area contributed by atoms with Crippen molar-refractivity contribution in [2.75, 3.05) is 0 Å². The van der Waals surface area contributed by atoms with Gasteiger partial charge in [-0.3, -0.25) is 4.79 Å². The van der Waals surface area contributed by atoms with Gasteiger partial charge in [-0.05, 0) is 49.3 Å². The second-order valence-electron chi connectivity index (χ2n) is 7.97. The SMILES string of the molecule is CC1=CC=C2C=C(C(C)C)C(=O)[C@@]3(O)C2=C(CCC3(C)C)C1. The summed E-state index contributed by atoms with van der Waals surface area (Å²) in [5, 5.41) is 11.6. The molecule has 0 saturated heterocycles. The molecule has 0 heterocycles. The van der Waals surface area contributed by atoms with Gasteiger partial charge in [-0.25, -0.2) is 0 Å². The van der Waals surface area contributed by atoms with E-state index in [-0.39, 0.29) is 11.7 Å². The van der Waals surface area contributed by atoms with Crippen LogP contribution in [0.2, 0.25) is 0 Å². The standard InChI is InChI=1S/C20H26O2/c1-12(2)16-11-14-7-6-13(3)10-15-8-9-19(4,5)20(22,17(14)15)18(16)21/h6-7,11-12,22H,8-10H2,1-5H3/t20-/m0/s1. The topological polar surface area (TPSA) is 37.3 Å². The van der Waals surface area contributed by atoms with Crippen LogP contribution in [0.3, 0.4) is 0 Å². The molecule has 0 aromatic heterocycles. The maximum absolute atomic E-state index is 13.2. The highest BCUT2D eigenvalue weighted by molar-refractivity contribution is 6.08. The molecule has 2 heteroatoms. The molecule has 0 unspecified atom stereocenters. The Kier molecular flexibility index (Phi) is 3.37. The lowest BCUT2D eigenvalue weighted by Gasteiger charge is -2.50. The maximum Gasteiger partial charge on any atom is 0.195 e. The minimum atomic E-state index is -1.38. The molecule has 22 heavy (non-hydrogen) atoms. The molecule has 0 aromatic rings. The predicted octanol–water partition coefficient (Wildman–Crippen LogP) is 4.28. The zero-order valence-electron chi connectivity index (χ0n) is 14.3. The zero-order chi connectivity index (χ0) is 16.3. The minimum absolute atomic E-state index is 0.0867. The van der Waals surface area contributed by atoms with E-state index in [4.69, 9.17) is 0 Å². The molecule has 0 aromatic carbocycles. The molecule has 118 valence electrons. The van der Waals surface area contributed by atoms with Crippen LogP contribution in [0.15, 0.2) is 46.1 Å². The van der Waals surface area contributed by atoms with Crippen LogP contribution in [0.1, 0.15) is 53.9 Å². The Morgan fingerprint density at radius 2 is 1.91 bits per heavy atom. The average Bonchev–Trinajstić information content (AvgIpc) is 2.58. The van der Waals surface area contributed by atoms with Crippen molar-refractivity contribution in [1.82, 2.24) is 0 Å². The van der Waals surface area contributed by atoms with Gasteiger partial charge in [0.05, 0.1) is 0 Å². The third kappa shape index (κ3) is 1.93. The summed E-state index contributed by atoms with van der Waals surface area (Å²) in [5.74, 6) is 0.0323. The average molecular weight is 298 g/mol. The predicted molar refractivity (Wildman–Crippen MR) is 89.4 cm³/mol. The van der Waals surface area contributed by atoms with Crippen molar-refractivity contribution >= 4 is 5.78 Å². The summed E-state index contributed by atoms with van der Waals surface area (Å²) >= 11 is 0. The summed E-state index contributed by atoms with van der Waals surface area (Å²) in [7, 11) is 0. The first-order valence-electron chi connectivity index (χ1n) is 8.27. The quantitative estimate of drug-likeness (QED) is 0.784. The van der Waals surface area contributed by atoms with Crippen LogP contribution in [0, 0.1) is 11.3 Å². The molecule has 0 amide bonds. The van der Waals surface area contributed by atoms with E-state index >= 15 is 0 Å². The molecule has 2 nitrogen and oxygen atoms in total. The van der Waals surface area contributed by atoms with E-state index in [9.17, 15) is 9.90 Å². The molecule has 0 aliphatic heterocycles. The van der Waals surface area contributed by atoms with E-state index in [0.29, 0.717) is 0 Å². The van der Waals surface area contributed by atoms with E-state index in [1.54, 1.807) is 0 Å². The number of carbonyl (C=O) groups excluding carboxylic acids is 1. The summed E-state index contributed by atoms with van der Waals surface area (Å²) in [5.41, 5.74) is 3.40. The van der Waals surface area contributed by atoms with Crippen LogP contribution in [0.4, 0.5) is 0 Å². The molecular weight excluding hydrogens is 272 g/mol. The molecule has 0 fully saturated rings. The highest BCUT2D eigenvalue weighted by Crippen LogP contribution is 2.54. The van der Waals surface area contributed by atoms with Gasteiger partial charge in [0.25, 0.3) is 0 Å². The molecule has 0 spiro atoms. The Bertz CT molecular complexity index is 668. The second kappa shape index (κ2) is 4.79. The number of carbonyl (C=O) groups is 1. The maximum atomic E-state index is 13.2. The summed E-state index contributed by atoms with van der Waals surface area (Å²) in [6, 6.07) is 0. The fourth-order valence-corrected chi connectivity index (χ4v) is 4.08. The number of Topliss-reactive ketones (excluding diaryl/α,β-unsaturated/α-hetero) is 1. The van der Waals surface area contributed by atoms with Gasteiger partial charge in [0.2, 0.25) is 0 Å². The smallest absolute Gasteiger partial charge is 0.195 e. The van der Waals surface area contributed by atoms with E-state index in [2.05, 4.69) is 19.1 Å². The van der Waals surface area contributed by atoms with Gasteiger partial charge in [0.1, 0.15) is 0 Å². The lowest BCUT2D eigenvalue weighted by Crippen LogP contribution is -2.57. The minimum Gasteiger partial charge on any atom is -0.376 e. The molecule has 3 rings (SSSR count). The van der Waals surface area contributed by atoms with Crippen LogP contribution in [-0.4, -0.2) is 16.5 Å². The second-order valence-corrected chi connectivity index (χ2v) is 7.97. The monoisotopic (exact) mass is 298 g/mol. The number of hydrogen-bond acceptors (Lipinski definition) is 2. The first kappa shape index (κ1) is 15.5. The van der Waals surface area contributed by atoms with Gasteiger partial charge in [-0.15, -0.1) is 0 Å². The van der Waals surface area contributed by atoms with Crippen LogP contribution >= 0.6 is 0 Å². The Labute approximate surface area is 133 Å². The Morgan fingerprint density at radius 1 is 1.23 bits per heavy atom. The van der Waals surface area contributed by atoms with Crippen molar-refractivity contribution in [2.45, 2.75) is 59.5 Å². The fourth-order valence-electron chi connectivity index (χ4n) is 4.08. The third-order valence-electron chi connectivity index (χ3n) is 5.60.